The second kappa shape index (κ2) is 9.92. The van der Waals surface area contributed by atoms with E-state index >= 15 is 0 Å². The molecule has 0 fully saturated rings. The second-order valence-electron chi connectivity index (χ2n) is 6.49. The number of para-hydroxylation sites is 2. The normalized spacial score (nSPS) is 12.1. The van der Waals surface area contributed by atoms with E-state index in [0.29, 0.717) is 31.1 Å². The highest BCUT2D eigenvalue weighted by Crippen LogP contribution is 2.25. The number of hydrogen-bond acceptors (Lipinski definition) is 5. The molecule has 6 heteroatoms. The summed E-state index contributed by atoms with van der Waals surface area (Å²) in [5.74, 6) is 1.72. The summed E-state index contributed by atoms with van der Waals surface area (Å²) < 4.78 is 29.6. The topological polar surface area (TPSA) is 55.1 Å². The van der Waals surface area contributed by atoms with Crippen molar-refractivity contribution in [1.29, 1.82) is 0 Å². The van der Waals surface area contributed by atoms with Gasteiger partial charge in [0.1, 0.15) is 24.3 Å². The predicted molar refractivity (Wildman–Crippen MR) is 104 cm³/mol. The first-order valence-electron chi connectivity index (χ1n) is 9.07. The zero-order chi connectivity index (χ0) is 19.8. The van der Waals surface area contributed by atoms with E-state index in [0.717, 1.165) is 11.3 Å². The van der Waals surface area contributed by atoms with Crippen molar-refractivity contribution in [2.45, 2.75) is 19.2 Å². The summed E-state index contributed by atoms with van der Waals surface area (Å²) >= 11 is 0. The molecule has 2 aromatic carbocycles. The summed E-state index contributed by atoms with van der Waals surface area (Å²) in [6.45, 7) is 1.56. The zero-order valence-corrected chi connectivity index (χ0v) is 15.8. The molecule has 0 saturated heterocycles. The van der Waals surface area contributed by atoms with Crippen molar-refractivity contribution in [3.63, 3.8) is 0 Å². The van der Waals surface area contributed by atoms with Crippen LogP contribution in [0.15, 0.2) is 71.3 Å². The Morgan fingerprint density at radius 1 is 1.00 bits per heavy atom. The number of benzene rings is 2. The molecule has 28 heavy (non-hydrogen) atoms. The van der Waals surface area contributed by atoms with Gasteiger partial charge in [-0.3, -0.25) is 4.90 Å². The van der Waals surface area contributed by atoms with Crippen LogP contribution in [0.4, 0.5) is 4.39 Å². The number of halogens is 1. The van der Waals surface area contributed by atoms with Crippen molar-refractivity contribution in [3.8, 4) is 11.5 Å². The lowest BCUT2D eigenvalue weighted by atomic mass is 10.2. The first-order chi connectivity index (χ1) is 13.6. The van der Waals surface area contributed by atoms with E-state index in [4.69, 9.17) is 13.9 Å². The largest absolute Gasteiger partial charge is 0.493 e. The molecule has 0 spiro atoms. The van der Waals surface area contributed by atoms with Crippen LogP contribution in [0.5, 0.6) is 11.5 Å². The maximum absolute atomic E-state index is 13.2. The fourth-order valence-electron chi connectivity index (χ4n) is 2.93. The van der Waals surface area contributed by atoms with Gasteiger partial charge in [0.15, 0.2) is 11.5 Å². The van der Waals surface area contributed by atoms with Gasteiger partial charge in [0.2, 0.25) is 0 Å². The zero-order valence-electron chi connectivity index (χ0n) is 15.8. The number of nitrogens with zero attached hydrogens (tertiary/aromatic N) is 1. The summed E-state index contributed by atoms with van der Waals surface area (Å²) in [6.07, 6.45) is 0.896. The molecule has 0 bridgehead atoms. The molecule has 1 N–H and O–H groups in total. The van der Waals surface area contributed by atoms with Crippen LogP contribution in [0.1, 0.15) is 11.3 Å². The minimum atomic E-state index is -0.722. The van der Waals surface area contributed by atoms with Crippen LogP contribution >= 0.6 is 0 Å². The van der Waals surface area contributed by atoms with Crippen molar-refractivity contribution < 1.29 is 23.4 Å². The van der Waals surface area contributed by atoms with Gasteiger partial charge in [0.05, 0.1) is 19.9 Å². The van der Waals surface area contributed by atoms with Gasteiger partial charge in [0, 0.05) is 13.1 Å². The van der Waals surface area contributed by atoms with Crippen molar-refractivity contribution in [3.05, 3.63) is 84.1 Å². The second-order valence-corrected chi connectivity index (χ2v) is 6.49. The van der Waals surface area contributed by atoms with Crippen molar-refractivity contribution >= 4 is 0 Å². The molecule has 0 saturated carbocycles. The lowest BCUT2D eigenvalue weighted by Gasteiger charge is -2.24. The van der Waals surface area contributed by atoms with Crippen LogP contribution in [-0.2, 0) is 13.1 Å². The summed E-state index contributed by atoms with van der Waals surface area (Å²) in [5.41, 5.74) is 0.950. The van der Waals surface area contributed by atoms with Crippen molar-refractivity contribution in [2.75, 3.05) is 20.3 Å². The maximum Gasteiger partial charge on any atom is 0.161 e. The highest BCUT2D eigenvalue weighted by molar-refractivity contribution is 5.39. The molecule has 1 aromatic heterocycles. The van der Waals surface area contributed by atoms with Crippen LogP contribution in [0, 0.1) is 5.82 Å². The smallest absolute Gasteiger partial charge is 0.161 e. The van der Waals surface area contributed by atoms with Gasteiger partial charge in [-0.2, -0.15) is 0 Å². The highest BCUT2D eigenvalue weighted by atomic mass is 19.1. The SMILES string of the molecule is COc1ccccc1OC[C@H](O)CN(Cc1ccc(F)cc1)Cc1ccco1. The first kappa shape index (κ1) is 19.9. The number of ether oxygens (including phenoxy) is 2. The fourth-order valence-corrected chi connectivity index (χ4v) is 2.93. The summed E-state index contributed by atoms with van der Waals surface area (Å²) in [4.78, 5) is 2.03. The van der Waals surface area contributed by atoms with Gasteiger partial charge in [-0.15, -0.1) is 0 Å². The molecular weight excluding hydrogens is 361 g/mol. The lowest BCUT2D eigenvalue weighted by molar-refractivity contribution is 0.0596. The molecule has 1 heterocycles. The van der Waals surface area contributed by atoms with Gasteiger partial charge in [-0.05, 0) is 42.0 Å². The minimum Gasteiger partial charge on any atom is -0.493 e. The van der Waals surface area contributed by atoms with E-state index < -0.39 is 6.10 Å². The third kappa shape index (κ3) is 5.84. The van der Waals surface area contributed by atoms with E-state index in [1.807, 2.05) is 29.2 Å². The summed E-state index contributed by atoms with van der Waals surface area (Å²) in [5, 5.41) is 10.5. The van der Waals surface area contributed by atoms with Crippen LogP contribution < -0.4 is 9.47 Å². The molecule has 148 valence electrons. The third-order valence-corrected chi connectivity index (χ3v) is 4.25. The van der Waals surface area contributed by atoms with E-state index in [9.17, 15) is 9.50 Å². The standard InChI is InChI=1S/C22H24FNO4/c1-26-21-6-2-3-7-22(21)28-16-19(25)14-24(15-20-5-4-12-27-20)13-17-8-10-18(23)11-9-17/h2-12,19,25H,13-16H2,1H3/t19-/m1/s1. The number of aliphatic hydroxyl groups is 1. The van der Waals surface area contributed by atoms with Gasteiger partial charge < -0.3 is 19.0 Å². The van der Waals surface area contributed by atoms with Crippen LogP contribution in [0.3, 0.4) is 0 Å². The van der Waals surface area contributed by atoms with Gasteiger partial charge in [0.25, 0.3) is 0 Å². The van der Waals surface area contributed by atoms with E-state index in [-0.39, 0.29) is 12.4 Å². The number of furan rings is 1. The Bertz CT molecular complexity index is 836. The fraction of sp³-hybridized carbons (Fsp3) is 0.273. The molecule has 0 amide bonds. The lowest BCUT2D eigenvalue weighted by Crippen LogP contribution is -2.35. The Morgan fingerprint density at radius 2 is 1.75 bits per heavy atom. The third-order valence-electron chi connectivity index (χ3n) is 4.25. The first-order valence-corrected chi connectivity index (χ1v) is 9.07. The maximum atomic E-state index is 13.2. The number of hydrogen-bond donors (Lipinski definition) is 1. The highest BCUT2D eigenvalue weighted by Gasteiger charge is 2.16. The summed E-state index contributed by atoms with van der Waals surface area (Å²) in [6, 6.07) is 17.4. The van der Waals surface area contributed by atoms with Crippen molar-refractivity contribution in [2.24, 2.45) is 0 Å². The Hall–Kier alpha value is -2.83. The van der Waals surface area contributed by atoms with Crippen molar-refractivity contribution in [1.82, 2.24) is 4.90 Å². The number of aliphatic hydroxyl groups excluding tert-OH is 1. The minimum absolute atomic E-state index is 0.123. The summed E-state index contributed by atoms with van der Waals surface area (Å²) in [7, 11) is 1.58. The quantitative estimate of drug-likeness (QED) is 0.574. The molecule has 3 rings (SSSR count). The molecule has 0 aliphatic heterocycles. The average Bonchev–Trinajstić information content (AvgIpc) is 3.21. The Morgan fingerprint density at radius 3 is 2.43 bits per heavy atom. The van der Waals surface area contributed by atoms with E-state index in [1.165, 1.54) is 12.1 Å². The molecule has 0 aliphatic rings. The van der Waals surface area contributed by atoms with Crippen LogP contribution in [-0.4, -0.2) is 36.4 Å². The molecule has 0 aliphatic carbocycles. The molecular formula is C22H24FNO4. The van der Waals surface area contributed by atoms with E-state index in [2.05, 4.69) is 0 Å². The van der Waals surface area contributed by atoms with Crippen LogP contribution in [0.2, 0.25) is 0 Å². The van der Waals surface area contributed by atoms with Gasteiger partial charge in [-0.25, -0.2) is 4.39 Å². The molecule has 0 unspecified atom stereocenters. The Balaban J connectivity index is 1.61. The monoisotopic (exact) mass is 385 g/mol. The molecule has 0 radical (unpaired) electrons. The van der Waals surface area contributed by atoms with Gasteiger partial charge >= 0.3 is 0 Å². The molecule has 1 atom stereocenters. The van der Waals surface area contributed by atoms with Gasteiger partial charge in [-0.1, -0.05) is 24.3 Å². The predicted octanol–water partition coefficient (Wildman–Crippen LogP) is 3.87. The molecule has 3 aromatic rings. The van der Waals surface area contributed by atoms with E-state index in [1.54, 1.807) is 37.6 Å². The Labute approximate surface area is 163 Å². The average molecular weight is 385 g/mol. The van der Waals surface area contributed by atoms with Crippen LogP contribution in [0.25, 0.3) is 0 Å². The number of methoxy groups -OCH3 is 1. The number of rotatable bonds is 10. The molecule has 5 nitrogen and oxygen atoms in total. The Kier molecular flexibility index (Phi) is 7.06.